The second-order valence-corrected chi connectivity index (χ2v) is 8.68. The van der Waals surface area contributed by atoms with Crippen LogP contribution in [-0.2, 0) is 4.74 Å². The maximum absolute atomic E-state index is 6.07. The highest BCUT2D eigenvalue weighted by molar-refractivity contribution is 14.0. The van der Waals surface area contributed by atoms with Gasteiger partial charge >= 0.3 is 0 Å². The Hall–Kier alpha value is -1.22. The van der Waals surface area contributed by atoms with Gasteiger partial charge in [0.25, 0.3) is 0 Å². The van der Waals surface area contributed by atoms with Crippen LogP contribution < -0.4 is 15.0 Å². The molecule has 3 atom stereocenters. The average molecular weight is 512 g/mol. The van der Waals surface area contributed by atoms with Gasteiger partial charge in [-0.05, 0) is 31.4 Å². The highest BCUT2D eigenvalue weighted by Gasteiger charge is 2.66. The number of methoxy groups -OCH3 is 1. The predicted molar refractivity (Wildman–Crippen MR) is 127 cm³/mol. The number of hydrogen-bond donors (Lipinski definition) is 1. The van der Waals surface area contributed by atoms with Crippen molar-refractivity contribution in [1.82, 2.24) is 10.2 Å². The van der Waals surface area contributed by atoms with Gasteiger partial charge in [-0.2, -0.15) is 0 Å². The summed E-state index contributed by atoms with van der Waals surface area (Å²) in [6, 6.07) is 8.90. The van der Waals surface area contributed by atoms with Gasteiger partial charge in [-0.15, -0.1) is 24.0 Å². The summed E-state index contributed by atoms with van der Waals surface area (Å²) in [6.45, 7) is 4.91. The first-order valence-corrected chi connectivity index (χ1v) is 10.7. The number of aliphatic imine (C=N–C) groups is 1. The number of piperazine rings is 1. The van der Waals surface area contributed by atoms with Crippen molar-refractivity contribution in [2.75, 3.05) is 51.8 Å². The topological polar surface area (TPSA) is 49.3 Å². The summed E-state index contributed by atoms with van der Waals surface area (Å²) in [4.78, 5) is 9.51. The van der Waals surface area contributed by atoms with Crippen molar-refractivity contribution in [1.29, 1.82) is 0 Å². The van der Waals surface area contributed by atoms with Gasteiger partial charge in [0.05, 0.1) is 13.2 Å². The van der Waals surface area contributed by atoms with Crippen LogP contribution in [0.1, 0.15) is 25.7 Å². The summed E-state index contributed by atoms with van der Waals surface area (Å²) in [5.41, 5.74) is 1.62. The first-order chi connectivity index (χ1) is 13.7. The first kappa shape index (κ1) is 21.0. The number of rotatable bonds is 3. The van der Waals surface area contributed by atoms with Gasteiger partial charge in [0.15, 0.2) is 5.96 Å². The van der Waals surface area contributed by atoms with Crippen LogP contribution in [0.15, 0.2) is 29.3 Å². The molecule has 1 spiro atoms. The number of nitrogens with one attached hydrogen (secondary N) is 1. The normalized spacial score (nSPS) is 30.1. The lowest BCUT2D eigenvalue weighted by atomic mass is 9.46. The zero-order valence-electron chi connectivity index (χ0n) is 17.5. The third-order valence-corrected chi connectivity index (χ3v) is 7.53. The maximum atomic E-state index is 6.07. The highest BCUT2D eigenvalue weighted by atomic mass is 127. The molecule has 0 amide bonds. The van der Waals surface area contributed by atoms with E-state index in [1.807, 2.05) is 13.1 Å². The van der Waals surface area contributed by atoms with Gasteiger partial charge in [0.1, 0.15) is 5.75 Å². The van der Waals surface area contributed by atoms with Crippen LogP contribution in [0.3, 0.4) is 0 Å². The van der Waals surface area contributed by atoms with Gasteiger partial charge in [-0.25, -0.2) is 0 Å². The van der Waals surface area contributed by atoms with E-state index in [0.29, 0.717) is 23.5 Å². The van der Waals surface area contributed by atoms with Crippen LogP contribution in [0, 0.1) is 11.3 Å². The van der Waals surface area contributed by atoms with E-state index in [4.69, 9.17) is 9.47 Å². The molecule has 1 aromatic carbocycles. The van der Waals surface area contributed by atoms with E-state index in [2.05, 4.69) is 38.3 Å². The Labute approximate surface area is 191 Å². The van der Waals surface area contributed by atoms with E-state index in [0.717, 1.165) is 44.5 Å². The van der Waals surface area contributed by atoms with E-state index >= 15 is 0 Å². The minimum absolute atomic E-state index is 0. The lowest BCUT2D eigenvalue weighted by Crippen LogP contribution is -2.73. The monoisotopic (exact) mass is 512 g/mol. The van der Waals surface area contributed by atoms with E-state index in [1.54, 1.807) is 7.11 Å². The number of ether oxygens (including phenoxy) is 2. The van der Waals surface area contributed by atoms with Gasteiger partial charge in [-0.3, -0.25) is 4.99 Å². The fraction of sp³-hybridized carbons (Fsp3) is 0.682. The van der Waals surface area contributed by atoms with Crippen LogP contribution in [0.5, 0.6) is 5.75 Å². The molecule has 2 saturated heterocycles. The van der Waals surface area contributed by atoms with Crippen molar-refractivity contribution in [2.24, 2.45) is 16.3 Å². The van der Waals surface area contributed by atoms with Crippen molar-refractivity contribution >= 4 is 35.6 Å². The third kappa shape index (κ3) is 3.48. The number of benzene rings is 1. The molecule has 3 unspecified atom stereocenters. The van der Waals surface area contributed by atoms with Crippen molar-refractivity contribution in [3.8, 4) is 5.75 Å². The van der Waals surface area contributed by atoms with Gasteiger partial charge in [-0.1, -0.05) is 12.5 Å². The molecule has 6 nitrogen and oxygen atoms in total. The van der Waals surface area contributed by atoms with E-state index in [1.165, 1.54) is 31.4 Å². The zero-order valence-corrected chi connectivity index (χ0v) is 19.8. The number of guanidine groups is 1. The van der Waals surface area contributed by atoms with E-state index in [-0.39, 0.29) is 24.0 Å². The molecule has 4 fully saturated rings. The molecule has 4 aliphatic rings. The van der Waals surface area contributed by atoms with Gasteiger partial charge in [0, 0.05) is 69.0 Å². The molecule has 160 valence electrons. The van der Waals surface area contributed by atoms with Gasteiger partial charge < -0.3 is 24.6 Å². The fourth-order valence-corrected chi connectivity index (χ4v) is 5.88. The van der Waals surface area contributed by atoms with Crippen LogP contribution in [0.4, 0.5) is 5.69 Å². The molecule has 1 N–H and O–H groups in total. The lowest BCUT2D eigenvalue weighted by molar-refractivity contribution is -0.171. The standard InChI is InChI=1S/C22H32N4O2.HI/c1-23-21(24-19-18-7-14-28-20(18)22(19)8-4-9-22)26-12-10-25(11-13-26)16-5-3-6-17(15-16)27-2;/h3,5-6,15,18-20H,4,7-14H2,1-2H3,(H,23,24);1H. The second-order valence-electron chi connectivity index (χ2n) is 8.68. The average Bonchev–Trinajstić information content (AvgIpc) is 3.13. The quantitative estimate of drug-likeness (QED) is 0.384. The smallest absolute Gasteiger partial charge is 0.194 e. The van der Waals surface area contributed by atoms with Gasteiger partial charge in [0.2, 0.25) is 0 Å². The largest absolute Gasteiger partial charge is 0.497 e. The van der Waals surface area contributed by atoms with Crippen molar-refractivity contribution in [3.05, 3.63) is 24.3 Å². The summed E-state index contributed by atoms with van der Waals surface area (Å²) in [7, 11) is 3.65. The molecule has 2 aliphatic carbocycles. The lowest BCUT2D eigenvalue weighted by Gasteiger charge is -2.63. The zero-order chi connectivity index (χ0) is 19.1. The molecule has 2 heterocycles. The highest BCUT2D eigenvalue weighted by Crippen LogP contribution is 2.62. The number of anilines is 1. The van der Waals surface area contributed by atoms with Crippen molar-refractivity contribution < 1.29 is 9.47 Å². The number of hydrogen-bond acceptors (Lipinski definition) is 4. The molecular formula is C22H33IN4O2. The Morgan fingerprint density at radius 2 is 2.03 bits per heavy atom. The summed E-state index contributed by atoms with van der Waals surface area (Å²) < 4.78 is 11.5. The molecule has 5 rings (SSSR count). The molecule has 29 heavy (non-hydrogen) atoms. The molecule has 0 aromatic heterocycles. The minimum atomic E-state index is 0. The van der Waals surface area contributed by atoms with Crippen molar-refractivity contribution in [2.45, 2.75) is 37.8 Å². The minimum Gasteiger partial charge on any atom is -0.497 e. The number of halogens is 1. The molecule has 7 heteroatoms. The summed E-state index contributed by atoms with van der Waals surface area (Å²) in [6.07, 6.45) is 5.67. The van der Waals surface area contributed by atoms with E-state index in [9.17, 15) is 0 Å². The summed E-state index contributed by atoms with van der Waals surface area (Å²) in [5, 5.41) is 3.87. The fourth-order valence-electron chi connectivity index (χ4n) is 5.88. The Balaban J connectivity index is 0.00000205. The van der Waals surface area contributed by atoms with E-state index < -0.39 is 0 Å². The Morgan fingerprint density at radius 1 is 1.24 bits per heavy atom. The summed E-state index contributed by atoms with van der Waals surface area (Å²) >= 11 is 0. The number of nitrogens with zero attached hydrogens (tertiary/aromatic N) is 3. The predicted octanol–water partition coefficient (Wildman–Crippen LogP) is 2.97. The SMILES string of the molecule is CN=C(NC1C2CCOC2C12CCC2)N1CCN(c2cccc(OC)c2)CC1.I. The number of fused-ring (bicyclic) bond motifs is 2. The molecule has 1 aromatic rings. The van der Waals surface area contributed by atoms with Crippen LogP contribution in [-0.4, -0.2) is 69.9 Å². The molecule has 0 radical (unpaired) electrons. The van der Waals surface area contributed by atoms with Crippen LogP contribution in [0.25, 0.3) is 0 Å². The second kappa shape index (κ2) is 8.49. The Bertz CT molecular complexity index is 746. The van der Waals surface area contributed by atoms with Crippen LogP contribution in [0.2, 0.25) is 0 Å². The summed E-state index contributed by atoms with van der Waals surface area (Å²) in [5.74, 6) is 2.67. The Kier molecular flexibility index (Phi) is 6.16. The van der Waals surface area contributed by atoms with Crippen LogP contribution >= 0.6 is 24.0 Å². The molecule has 2 saturated carbocycles. The maximum Gasteiger partial charge on any atom is 0.194 e. The molecule has 2 aliphatic heterocycles. The molecule has 0 bridgehead atoms. The third-order valence-electron chi connectivity index (χ3n) is 7.53. The first-order valence-electron chi connectivity index (χ1n) is 10.7. The molecular weight excluding hydrogens is 479 g/mol. The van der Waals surface area contributed by atoms with Crippen molar-refractivity contribution in [3.63, 3.8) is 0 Å². The Morgan fingerprint density at radius 3 is 2.69 bits per heavy atom.